The Morgan fingerprint density at radius 3 is 2.53 bits per heavy atom. The van der Waals surface area contributed by atoms with Gasteiger partial charge in [0.15, 0.2) is 0 Å². The van der Waals surface area contributed by atoms with Crippen LogP contribution in [0.15, 0.2) is 0 Å². The van der Waals surface area contributed by atoms with E-state index in [0.29, 0.717) is 12.5 Å². The van der Waals surface area contributed by atoms with E-state index in [2.05, 4.69) is 18.1 Å². The van der Waals surface area contributed by atoms with E-state index in [-0.39, 0.29) is 5.75 Å². The van der Waals surface area contributed by atoms with Gasteiger partial charge in [-0.15, -0.1) is 0 Å². The number of sulfonamides is 1. The molecule has 1 atom stereocenters. The zero-order valence-electron chi connectivity index (χ0n) is 9.77. The Balaban J connectivity index is 3.68. The molecule has 4 nitrogen and oxygen atoms in total. The second-order valence-electron chi connectivity index (χ2n) is 3.83. The smallest absolute Gasteiger partial charge is 0.209 e. The quantitative estimate of drug-likeness (QED) is 0.694. The van der Waals surface area contributed by atoms with Gasteiger partial charge < -0.3 is 4.90 Å². The number of thioether (sulfide) groups is 1. The summed E-state index contributed by atoms with van der Waals surface area (Å²) >= 11 is 1.83. The van der Waals surface area contributed by atoms with Crippen LogP contribution in [0.1, 0.15) is 19.8 Å². The van der Waals surface area contributed by atoms with Crippen LogP contribution in [0.2, 0.25) is 0 Å². The fraction of sp³-hybridized carbons (Fsp3) is 1.00. The summed E-state index contributed by atoms with van der Waals surface area (Å²) in [7, 11) is -1.27. The predicted molar refractivity (Wildman–Crippen MR) is 67.7 cm³/mol. The van der Waals surface area contributed by atoms with Gasteiger partial charge in [0.05, 0.1) is 5.75 Å². The highest BCUT2D eigenvalue weighted by molar-refractivity contribution is 7.98. The molecule has 0 fully saturated rings. The lowest BCUT2D eigenvalue weighted by Crippen LogP contribution is -2.32. The first-order chi connectivity index (χ1) is 6.87. The molecule has 0 bridgehead atoms. The highest BCUT2D eigenvalue weighted by Gasteiger charge is 2.09. The molecular formula is C9H22N2O2S2. The Labute approximate surface area is 97.6 Å². The summed E-state index contributed by atoms with van der Waals surface area (Å²) in [5.74, 6) is 1.22. The van der Waals surface area contributed by atoms with Crippen LogP contribution in [0.5, 0.6) is 0 Å². The van der Waals surface area contributed by atoms with Crippen molar-refractivity contribution in [3.63, 3.8) is 0 Å². The van der Waals surface area contributed by atoms with Gasteiger partial charge in [-0.3, -0.25) is 0 Å². The molecule has 0 radical (unpaired) electrons. The molecular weight excluding hydrogens is 232 g/mol. The standard InChI is InChI=1S/C9H22N2O2S2/c1-9(5-7-14-3)11(2)6-4-8-15(10,12)13/h9H,4-8H2,1-3H3,(H2,10,12,13). The third-order valence-corrected chi connectivity index (χ3v) is 3.93. The largest absolute Gasteiger partial charge is 0.304 e. The van der Waals surface area contributed by atoms with Gasteiger partial charge >= 0.3 is 0 Å². The Morgan fingerprint density at radius 2 is 2.07 bits per heavy atom. The van der Waals surface area contributed by atoms with E-state index in [4.69, 9.17) is 5.14 Å². The Kier molecular flexibility index (Phi) is 7.60. The number of rotatable bonds is 8. The lowest BCUT2D eigenvalue weighted by Gasteiger charge is -2.24. The minimum absolute atomic E-state index is 0.0760. The molecule has 0 aromatic carbocycles. The van der Waals surface area contributed by atoms with Crippen LogP contribution < -0.4 is 5.14 Å². The van der Waals surface area contributed by atoms with Crippen molar-refractivity contribution < 1.29 is 8.42 Å². The molecule has 0 spiro atoms. The highest BCUT2D eigenvalue weighted by Crippen LogP contribution is 2.06. The molecule has 6 heteroatoms. The Morgan fingerprint density at radius 1 is 1.47 bits per heavy atom. The van der Waals surface area contributed by atoms with Gasteiger partial charge in [0.25, 0.3) is 0 Å². The predicted octanol–water partition coefficient (Wildman–Crippen LogP) is 0.738. The summed E-state index contributed by atoms with van der Waals surface area (Å²) in [4.78, 5) is 2.18. The first-order valence-corrected chi connectivity index (χ1v) is 8.17. The lowest BCUT2D eigenvalue weighted by atomic mass is 10.2. The van der Waals surface area contributed by atoms with Gasteiger partial charge in [0.2, 0.25) is 10.0 Å². The molecule has 1 unspecified atom stereocenters. The van der Waals surface area contributed by atoms with Crippen LogP contribution in [-0.2, 0) is 10.0 Å². The number of nitrogens with two attached hydrogens (primary N) is 1. The van der Waals surface area contributed by atoms with Gasteiger partial charge in [0.1, 0.15) is 0 Å². The van der Waals surface area contributed by atoms with Crippen molar-refractivity contribution in [3.05, 3.63) is 0 Å². The normalized spacial score (nSPS) is 14.5. The molecule has 0 heterocycles. The topological polar surface area (TPSA) is 63.4 Å². The van der Waals surface area contributed by atoms with Gasteiger partial charge in [-0.2, -0.15) is 11.8 Å². The average Bonchev–Trinajstić information content (AvgIpc) is 2.11. The molecule has 15 heavy (non-hydrogen) atoms. The summed E-state index contributed by atoms with van der Waals surface area (Å²) in [6, 6.07) is 0.498. The zero-order chi connectivity index (χ0) is 11.9. The van der Waals surface area contributed by atoms with Crippen LogP contribution in [-0.4, -0.2) is 50.7 Å². The molecule has 0 aromatic heterocycles. The van der Waals surface area contributed by atoms with Crippen molar-refractivity contribution in [2.75, 3.05) is 31.4 Å². The van der Waals surface area contributed by atoms with Crippen molar-refractivity contribution in [1.82, 2.24) is 4.90 Å². The van der Waals surface area contributed by atoms with Crippen LogP contribution >= 0.6 is 11.8 Å². The highest BCUT2D eigenvalue weighted by atomic mass is 32.2. The van der Waals surface area contributed by atoms with Crippen molar-refractivity contribution >= 4 is 21.8 Å². The summed E-state index contributed by atoms with van der Waals surface area (Å²) in [5, 5.41) is 4.93. The Bertz CT molecular complexity index is 255. The van der Waals surface area contributed by atoms with E-state index in [1.54, 1.807) is 0 Å². The number of primary sulfonamides is 1. The summed E-state index contributed by atoms with van der Waals surface area (Å²) in [5.41, 5.74) is 0. The second kappa shape index (κ2) is 7.49. The Hall–Kier alpha value is 0.220. The van der Waals surface area contributed by atoms with Crippen molar-refractivity contribution in [3.8, 4) is 0 Å². The first kappa shape index (κ1) is 15.2. The molecule has 0 aromatic rings. The van der Waals surface area contributed by atoms with E-state index in [0.717, 1.165) is 18.7 Å². The van der Waals surface area contributed by atoms with Crippen LogP contribution in [0.3, 0.4) is 0 Å². The molecule has 0 amide bonds. The van der Waals surface area contributed by atoms with Gasteiger partial charge in [-0.1, -0.05) is 0 Å². The van der Waals surface area contributed by atoms with E-state index >= 15 is 0 Å². The van der Waals surface area contributed by atoms with Gasteiger partial charge in [-0.05, 0) is 45.4 Å². The average molecular weight is 254 g/mol. The number of hydrogen-bond donors (Lipinski definition) is 1. The molecule has 0 saturated heterocycles. The summed E-state index contributed by atoms with van der Waals surface area (Å²) < 4.78 is 21.4. The van der Waals surface area contributed by atoms with Gasteiger partial charge in [-0.25, -0.2) is 13.6 Å². The molecule has 2 N–H and O–H groups in total. The second-order valence-corrected chi connectivity index (χ2v) is 6.55. The fourth-order valence-corrected chi connectivity index (χ4v) is 2.35. The molecule has 0 rings (SSSR count). The van der Waals surface area contributed by atoms with Crippen molar-refractivity contribution in [2.24, 2.45) is 5.14 Å². The van der Waals surface area contributed by atoms with E-state index < -0.39 is 10.0 Å². The zero-order valence-corrected chi connectivity index (χ0v) is 11.4. The fourth-order valence-electron chi connectivity index (χ4n) is 1.24. The van der Waals surface area contributed by atoms with Gasteiger partial charge in [0, 0.05) is 6.04 Å². The van der Waals surface area contributed by atoms with Crippen molar-refractivity contribution in [1.29, 1.82) is 0 Å². The molecule has 0 aliphatic heterocycles. The van der Waals surface area contributed by atoms with Crippen LogP contribution in [0.4, 0.5) is 0 Å². The SMILES string of the molecule is CSCCC(C)N(C)CCCS(N)(=O)=O. The molecule has 0 aliphatic rings. The maximum Gasteiger partial charge on any atom is 0.209 e. The summed E-state index contributed by atoms with van der Waals surface area (Å²) in [6.45, 7) is 2.94. The maximum atomic E-state index is 10.7. The number of hydrogen-bond acceptors (Lipinski definition) is 4. The minimum Gasteiger partial charge on any atom is -0.304 e. The molecule has 92 valence electrons. The van der Waals surface area contributed by atoms with E-state index in [1.807, 2.05) is 18.8 Å². The summed E-state index contributed by atoms with van der Waals surface area (Å²) in [6.07, 6.45) is 3.83. The third-order valence-electron chi connectivity index (χ3n) is 2.43. The minimum atomic E-state index is -3.29. The van der Waals surface area contributed by atoms with E-state index in [1.165, 1.54) is 0 Å². The molecule has 0 saturated carbocycles. The van der Waals surface area contributed by atoms with Crippen LogP contribution in [0.25, 0.3) is 0 Å². The molecule has 0 aliphatic carbocycles. The van der Waals surface area contributed by atoms with Crippen molar-refractivity contribution in [2.45, 2.75) is 25.8 Å². The first-order valence-electron chi connectivity index (χ1n) is 5.06. The maximum absolute atomic E-state index is 10.7. The van der Waals surface area contributed by atoms with Crippen LogP contribution in [0, 0.1) is 0 Å². The van der Waals surface area contributed by atoms with E-state index in [9.17, 15) is 8.42 Å². The lowest BCUT2D eigenvalue weighted by molar-refractivity contribution is 0.254. The monoisotopic (exact) mass is 254 g/mol. The third kappa shape index (κ3) is 9.17. The number of nitrogens with zero attached hydrogens (tertiary/aromatic N) is 1.